The van der Waals surface area contributed by atoms with Gasteiger partial charge in [0.05, 0.1) is 11.3 Å². The highest BCUT2D eigenvalue weighted by Crippen LogP contribution is 2.28. The van der Waals surface area contributed by atoms with Crippen LogP contribution >= 0.6 is 12.4 Å². The number of sulfonamides is 1. The molecule has 3 aliphatic heterocycles. The van der Waals surface area contributed by atoms with E-state index in [9.17, 15) is 13.2 Å². The van der Waals surface area contributed by atoms with E-state index in [0.717, 1.165) is 25.3 Å². The van der Waals surface area contributed by atoms with Crippen LogP contribution in [0.3, 0.4) is 0 Å². The first kappa shape index (κ1) is 19.4. The molecule has 1 saturated carbocycles. The Morgan fingerprint density at radius 1 is 1.19 bits per heavy atom. The van der Waals surface area contributed by atoms with Gasteiger partial charge in [0.2, 0.25) is 0 Å². The van der Waals surface area contributed by atoms with Gasteiger partial charge in [-0.15, -0.1) is 16.8 Å². The number of amidine groups is 1. The third kappa shape index (κ3) is 4.29. The van der Waals surface area contributed by atoms with E-state index in [-0.39, 0.29) is 29.9 Å². The summed E-state index contributed by atoms with van der Waals surface area (Å²) in [6, 6.07) is 0.480. The number of hydrogen-bond donors (Lipinski definition) is 1. The molecule has 4 aliphatic rings. The molecule has 2 fully saturated rings. The Hall–Kier alpha value is -1.38. The Labute approximate surface area is 160 Å². The first-order valence-corrected chi connectivity index (χ1v) is 10.6. The number of carbonyl (C=O) groups excluding carboxylic acids is 1. The van der Waals surface area contributed by atoms with Crippen LogP contribution < -0.4 is 5.32 Å². The number of carbonyl (C=O) groups is 1. The van der Waals surface area contributed by atoms with E-state index >= 15 is 0 Å². The number of likely N-dealkylation sites (tertiary alicyclic amines) is 1. The van der Waals surface area contributed by atoms with Gasteiger partial charge in [0.1, 0.15) is 0 Å². The monoisotopic (exact) mass is 400 g/mol. The summed E-state index contributed by atoms with van der Waals surface area (Å²) in [4.78, 5) is 16.5. The number of amides is 1. The summed E-state index contributed by atoms with van der Waals surface area (Å²) in [6.45, 7) is 2.83. The maximum Gasteiger partial charge on any atom is 0.257 e. The van der Waals surface area contributed by atoms with Crippen LogP contribution in [0, 0.1) is 5.92 Å². The number of nitrogens with one attached hydrogen (secondary N) is 1. The maximum atomic E-state index is 12.9. The second-order valence-electron chi connectivity index (χ2n) is 7.23. The van der Waals surface area contributed by atoms with Crippen LogP contribution in [0.4, 0.5) is 0 Å². The van der Waals surface area contributed by atoms with Crippen LogP contribution in [-0.4, -0.2) is 67.9 Å². The molecule has 3 heterocycles. The van der Waals surface area contributed by atoms with Crippen LogP contribution in [0.15, 0.2) is 28.3 Å². The van der Waals surface area contributed by atoms with Gasteiger partial charge in [-0.1, -0.05) is 0 Å². The summed E-state index contributed by atoms with van der Waals surface area (Å²) in [6.07, 6.45) is 9.80. The molecule has 1 saturated heterocycles. The summed E-state index contributed by atoms with van der Waals surface area (Å²) >= 11 is 0. The van der Waals surface area contributed by atoms with E-state index in [1.807, 2.05) is 4.90 Å². The van der Waals surface area contributed by atoms with Crippen LogP contribution in [-0.2, 0) is 14.8 Å². The van der Waals surface area contributed by atoms with Gasteiger partial charge in [0.25, 0.3) is 15.9 Å². The Morgan fingerprint density at radius 2 is 1.92 bits per heavy atom. The van der Waals surface area contributed by atoms with Crippen molar-refractivity contribution in [2.45, 2.75) is 31.7 Å². The van der Waals surface area contributed by atoms with Gasteiger partial charge in [0.15, 0.2) is 5.84 Å². The lowest BCUT2D eigenvalue weighted by Crippen LogP contribution is -2.48. The molecule has 4 rings (SSSR count). The van der Waals surface area contributed by atoms with Crippen LogP contribution in [0.1, 0.15) is 25.7 Å². The zero-order valence-corrected chi connectivity index (χ0v) is 16.3. The minimum atomic E-state index is -3.48. The van der Waals surface area contributed by atoms with Crippen LogP contribution in [0.25, 0.3) is 0 Å². The highest BCUT2D eigenvalue weighted by molar-refractivity contribution is 7.90. The summed E-state index contributed by atoms with van der Waals surface area (Å²) < 4.78 is 27.5. The molecule has 0 aromatic rings. The van der Waals surface area contributed by atoms with Gasteiger partial charge in [-0.2, -0.15) is 0 Å². The molecule has 7 nitrogen and oxygen atoms in total. The molecule has 0 aromatic carbocycles. The van der Waals surface area contributed by atoms with Gasteiger partial charge < -0.3 is 15.1 Å². The summed E-state index contributed by atoms with van der Waals surface area (Å²) in [5.41, 5.74) is 0.384. The molecule has 0 radical (unpaired) electrons. The summed E-state index contributed by atoms with van der Waals surface area (Å²) in [7, 11) is -3.48. The molecule has 0 atom stereocenters. The van der Waals surface area contributed by atoms with Crippen molar-refractivity contribution in [3.8, 4) is 0 Å². The number of fused-ring (bicyclic) bond motifs is 1. The lowest BCUT2D eigenvalue weighted by molar-refractivity contribution is -0.127. The summed E-state index contributed by atoms with van der Waals surface area (Å²) in [5, 5.41) is 3.60. The maximum absolute atomic E-state index is 12.9. The van der Waals surface area contributed by atoms with E-state index in [4.69, 9.17) is 0 Å². The molecular weight excluding hydrogens is 376 g/mol. The van der Waals surface area contributed by atoms with Gasteiger partial charge in [-0.05, 0) is 50.3 Å². The van der Waals surface area contributed by atoms with Crippen molar-refractivity contribution >= 4 is 34.2 Å². The molecule has 0 unspecified atom stereocenters. The topological polar surface area (TPSA) is 82.1 Å². The van der Waals surface area contributed by atoms with E-state index in [0.29, 0.717) is 31.2 Å². The number of rotatable bonds is 4. The number of halogens is 1. The normalized spacial score (nSPS) is 25.1. The largest absolute Gasteiger partial charge is 0.338 e. The molecular formula is C17H25ClN4O3S. The Bertz CT molecular complexity index is 750. The van der Waals surface area contributed by atoms with Crippen molar-refractivity contribution in [2.75, 3.05) is 31.9 Å². The third-order valence-electron chi connectivity index (χ3n) is 5.26. The molecule has 1 amide bonds. The second-order valence-corrected chi connectivity index (χ2v) is 8.99. The zero-order valence-electron chi connectivity index (χ0n) is 14.6. The molecule has 1 N–H and O–H groups in total. The first-order chi connectivity index (χ1) is 12.0. The van der Waals surface area contributed by atoms with Crippen molar-refractivity contribution < 1.29 is 13.2 Å². The van der Waals surface area contributed by atoms with E-state index < -0.39 is 10.0 Å². The van der Waals surface area contributed by atoms with Gasteiger partial charge in [-0.25, -0.2) is 8.42 Å². The SMILES string of the molecule is Cl.O=C(C1=CC=CN2CCS(=O)(=O)N=C12)N1CCC(NCC2CC2)CC1. The van der Waals surface area contributed by atoms with Crippen LogP contribution in [0.5, 0.6) is 0 Å². The highest BCUT2D eigenvalue weighted by atomic mass is 35.5. The molecule has 0 spiro atoms. The van der Waals surface area contributed by atoms with Gasteiger partial charge >= 0.3 is 0 Å². The molecule has 1 aliphatic carbocycles. The average molecular weight is 401 g/mol. The minimum Gasteiger partial charge on any atom is -0.338 e. The van der Waals surface area contributed by atoms with Gasteiger partial charge in [-0.3, -0.25) is 4.79 Å². The van der Waals surface area contributed by atoms with Gasteiger partial charge in [0, 0.05) is 31.9 Å². The van der Waals surface area contributed by atoms with Crippen molar-refractivity contribution in [3.63, 3.8) is 0 Å². The van der Waals surface area contributed by atoms with Crippen molar-refractivity contribution in [3.05, 3.63) is 23.9 Å². The van der Waals surface area contributed by atoms with E-state index in [2.05, 4.69) is 9.71 Å². The fourth-order valence-corrected chi connectivity index (χ4v) is 4.48. The predicted molar refractivity (Wildman–Crippen MR) is 103 cm³/mol. The standard InChI is InChI=1S/C17H24N4O3S.ClH/c22-17(21-8-5-14(6-9-21)18-12-13-3-4-13)15-2-1-7-20-10-11-25(23,24)19-16(15)20;/h1-2,7,13-14,18H,3-6,8-12H2;1H. The quantitative estimate of drug-likeness (QED) is 0.758. The Balaban J connectivity index is 0.00000196. The zero-order chi connectivity index (χ0) is 17.4. The molecule has 144 valence electrons. The first-order valence-electron chi connectivity index (χ1n) is 9.03. The number of piperidine rings is 1. The van der Waals surface area contributed by atoms with Crippen LogP contribution in [0.2, 0.25) is 0 Å². The lowest BCUT2D eigenvalue weighted by atomic mass is 10.0. The lowest BCUT2D eigenvalue weighted by Gasteiger charge is -2.35. The smallest absolute Gasteiger partial charge is 0.257 e. The number of hydrogen-bond acceptors (Lipinski definition) is 5. The predicted octanol–water partition coefficient (Wildman–Crippen LogP) is 0.896. The third-order valence-corrected chi connectivity index (χ3v) is 6.41. The molecule has 0 bridgehead atoms. The number of allylic oxidation sites excluding steroid dienone is 2. The van der Waals surface area contributed by atoms with Crippen molar-refractivity contribution in [1.82, 2.24) is 15.1 Å². The fraction of sp³-hybridized carbons (Fsp3) is 0.647. The second kappa shape index (κ2) is 7.70. The Kier molecular flexibility index (Phi) is 5.74. The fourth-order valence-electron chi connectivity index (χ4n) is 3.50. The highest BCUT2D eigenvalue weighted by Gasteiger charge is 2.33. The van der Waals surface area contributed by atoms with Crippen molar-refractivity contribution in [2.24, 2.45) is 10.3 Å². The van der Waals surface area contributed by atoms with E-state index in [1.165, 1.54) is 12.8 Å². The molecule has 26 heavy (non-hydrogen) atoms. The average Bonchev–Trinajstić information content (AvgIpc) is 3.43. The summed E-state index contributed by atoms with van der Waals surface area (Å²) in [5.74, 6) is 0.995. The van der Waals surface area contributed by atoms with Crippen molar-refractivity contribution in [1.29, 1.82) is 0 Å². The molecule has 9 heteroatoms. The minimum absolute atomic E-state index is 0. The number of nitrogens with zero attached hydrogens (tertiary/aromatic N) is 3. The molecule has 0 aromatic heterocycles. The van der Waals surface area contributed by atoms with E-state index in [1.54, 1.807) is 23.3 Å². The Morgan fingerprint density at radius 3 is 2.62 bits per heavy atom.